The highest BCUT2D eigenvalue weighted by Crippen LogP contribution is 2.17. The number of halogens is 2. The van der Waals surface area contributed by atoms with E-state index in [2.05, 4.69) is 17.2 Å². The molecular weight excluding hydrogens is 333 g/mol. The molecule has 2 rings (SSSR count). The maximum Gasteiger partial charge on any atom is 0.253 e. The van der Waals surface area contributed by atoms with Gasteiger partial charge in [-0.15, -0.1) is 24.8 Å². The van der Waals surface area contributed by atoms with Gasteiger partial charge in [0.05, 0.1) is 11.1 Å². The minimum Gasteiger partial charge on any atom is -0.348 e. The molecule has 0 aliphatic heterocycles. The van der Waals surface area contributed by atoms with Crippen LogP contribution in [0.15, 0.2) is 30.3 Å². The van der Waals surface area contributed by atoms with Gasteiger partial charge < -0.3 is 11.1 Å². The molecule has 1 aromatic carbocycles. The molecule has 1 amide bonds. The lowest BCUT2D eigenvalue weighted by atomic mass is 10.1. The Hall–Kier alpha value is -1.36. The number of hydrogen-bond acceptors (Lipinski definition) is 3. The zero-order chi connectivity index (χ0) is 15.2. The van der Waals surface area contributed by atoms with Crippen LogP contribution in [0.1, 0.15) is 42.2 Å². The molecule has 1 heterocycles. The first-order valence-electron chi connectivity index (χ1n) is 7.53. The fourth-order valence-electron chi connectivity index (χ4n) is 2.39. The largest absolute Gasteiger partial charge is 0.348 e. The number of pyridine rings is 1. The summed E-state index contributed by atoms with van der Waals surface area (Å²) in [6.45, 7) is 4.52. The summed E-state index contributed by atoms with van der Waals surface area (Å²) in [5.41, 5.74) is 8.02. The minimum atomic E-state index is -0.0924. The maximum atomic E-state index is 12.5. The van der Waals surface area contributed by atoms with Gasteiger partial charge in [-0.1, -0.05) is 38.0 Å². The highest BCUT2D eigenvalue weighted by molar-refractivity contribution is 6.05. The molecule has 1 atom stereocenters. The number of carbonyl (C=O) groups excluding carboxylic acids is 1. The molecule has 23 heavy (non-hydrogen) atoms. The van der Waals surface area contributed by atoms with Crippen LogP contribution in [0.25, 0.3) is 10.9 Å². The van der Waals surface area contributed by atoms with Crippen LogP contribution >= 0.6 is 24.8 Å². The minimum absolute atomic E-state index is 0. The molecule has 1 aromatic heterocycles. The summed E-state index contributed by atoms with van der Waals surface area (Å²) in [4.78, 5) is 17.0. The topological polar surface area (TPSA) is 68.0 Å². The second-order valence-corrected chi connectivity index (χ2v) is 5.38. The standard InChI is InChI=1S/C17H23N3O.2ClH/c1-3-4-7-14(11-18)20-17(21)15-8-5-6-13-10-9-12(2)19-16(13)15;;/h5-6,8-10,14H,3-4,7,11,18H2,1-2H3,(H,20,21);2*1H. The van der Waals surface area contributed by atoms with E-state index in [9.17, 15) is 4.79 Å². The summed E-state index contributed by atoms with van der Waals surface area (Å²) in [7, 11) is 0. The van der Waals surface area contributed by atoms with Crippen LogP contribution in [-0.2, 0) is 0 Å². The zero-order valence-electron chi connectivity index (χ0n) is 13.5. The molecule has 4 nitrogen and oxygen atoms in total. The van der Waals surface area contributed by atoms with E-state index in [4.69, 9.17) is 5.73 Å². The molecule has 0 saturated carbocycles. The van der Waals surface area contributed by atoms with Gasteiger partial charge in [0, 0.05) is 23.7 Å². The van der Waals surface area contributed by atoms with Crippen LogP contribution in [-0.4, -0.2) is 23.5 Å². The van der Waals surface area contributed by atoms with Gasteiger partial charge in [0.25, 0.3) is 5.91 Å². The van der Waals surface area contributed by atoms with E-state index < -0.39 is 0 Å². The molecule has 0 saturated heterocycles. The third-order valence-electron chi connectivity index (χ3n) is 3.63. The van der Waals surface area contributed by atoms with Crippen molar-refractivity contribution >= 4 is 41.6 Å². The molecule has 1 unspecified atom stereocenters. The number of nitrogens with two attached hydrogens (primary N) is 1. The third-order valence-corrected chi connectivity index (χ3v) is 3.63. The average Bonchev–Trinajstić information content (AvgIpc) is 2.50. The Kier molecular flexibility index (Phi) is 9.80. The smallest absolute Gasteiger partial charge is 0.253 e. The Bertz CT molecular complexity index is 634. The third kappa shape index (κ3) is 5.65. The average molecular weight is 358 g/mol. The summed E-state index contributed by atoms with van der Waals surface area (Å²) in [6.07, 6.45) is 3.08. The lowest BCUT2D eigenvalue weighted by Crippen LogP contribution is -2.40. The van der Waals surface area contributed by atoms with Crippen LogP contribution in [0.5, 0.6) is 0 Å². The van der Waals surface area contributed by atoms with Gasteiger partial charge in [-0.25, -0.2) is 0 Å². The number of benzene rings is 1. The fraction of sp³-hybridized carbons (Fsp3) is 0.412. The van der Waals surface area contributed by atoms with Crippen molar-refractivity contribution in [1.29, 1.82) is 0 Å². The lowest BCUT2D eigenvalue weighted by molar-refractivity contribution is 0.0937. The Morgan fingerprint density at radius 1 is 1.26 bits per heavy atom. The number of amides is 1. The number of unbranched alkanes of at least 4 members (excludes halogenated alkanes) is 1. The van der Waals surface area contributed by atoms with Gasteiger partial charge in [0.1, 0.15) is 0 Å². The number of aromatic nitrogens is 1. The van der Waals surface area contributed by atoms with Crippen LogP contribution in [0.3, 0.4) is 0 Å². The van der Waals surface area contributed by atoms with Gasteiger partial charge in [0.2, 0.25) is 0 Å². The van der Waals surface area contributed by atoms with Gasteiger partial charge in [-0.3, -0.25) is 9.78 Å². The van der Waals surface area contributed by atoms with Crippen molar-refractivity contribution in [2.24, 2.45) is 5.73 Å². The molecule has 128 valence electrons. The number of nitrogens with zero attached hydrogens (tertiary/aromatic N) is 1. The molecule has 0 aliphatic rings. The van der Waals surface area contributed by atoms with Gasteiger partial charge >= 0.3 is 0 Å². The monoisotopic (exact) mass is 357 g/mol. The van der Waals surface area contributed by atoms with Gasteiger partial charge in [-0.05, 0) is 25.5 Å². The number of rotatable bonds is 6. The van der Waals surface area contributed by atoms with Crippen molar-refractivity contribution in [3.8, 4) is 0 Å². The summed E-state index contributed by atoms with van der Waals surface area (Å²) in [6, 6.07) is 9.64. The summed E-state index contributed by atoms with van der Waals surface area (Å²) >= 11 is 0. The molecule has 0 fully saturated rings. The van der Waals surface area contributed by atoms with Gasteiger partial charge in [-0.2, -0.15) is 0 Å². The Morgan fingerprint density at radius 2 is 2.00 bits per heavy atom. The first-order valence-corrected chi connectivity index (χ1v) is 7.53. The van der Waals surface area contributed by atoms with Crippen LogP contribution in [0.2, 0.25) is 0 Å². The van der Waals surface area contributed by atoms with Crippen molar-refractivity contribution in [2.75, 3.05) is 6.54 Å². The molecule has 3 N–H and O–H groups in total. The highest BCUT2D eigenvalue weighted by Gasteiger charge is 2.15. The summed E-state index contributed by atoms with van der Waals surface area (Å²) < 4.78 is 0. The van der Waals surface area contributed by atoms with Crippen molar-refractivity contribution in [1.82, 2.24) is 10.3 Å². The second-order valence-electron chi connectivity index (χ2n) is 5.38. The van der Waals surface area contributed by atoms with Gasteiger partial charge in [0.15, 0.2) is 0 Å². The van der Waals surface area contributed by atoms with Crippen LogP contribution < -0.4 is 11.1 Å². The SMILES string of the molecule is CCCCC(CN)NC(=O)c1cccc2ccc(C)nc12.Cl.Cl. The zero-order valence-corrected chi connectivity index (χ0v) is 15.2. The Labute approximate surface area is 150 Å². The molecule has 0 spiro atoms. The second kappa shape index (κ2) is 10.4. The summed E-state index contributed by atoms with van der Waals surface area (Å²) in [5.74, 6) is -0.0924. The van der Waals surface area contributed by atoms with E-state index in [0.717, 1.165) is 35.9 Å². The number of fused-ring (bicyclic) bond motifs is 1. The number of aryl methyl sites for hydroxylation is 1. The van der Waals surface area contributed by atoms with E-state index in [1.54, 1.807) is 0 Å². The molecule has 2 aromatic rings. The predicted molar refractivity (Wildman–Crippen MR) is 101 cm³/mol. The quantitative estimate of drug-likeness (QED) is 0.829. The Morgan fingerprint density at radius 3 is 2.65 bits per heavy atom. The first kappa shape index (κ1) is 21.6. The number of carbonyl (C=O) groups is 1. The molecule has 0 bridgehead atoms. The van der Waals surface area contributed by atoms with Crippen LogP contribution in [0, 0.1) is 6.92 Å². The molecule has 6 heteroatoms. The van der Waals surface area contributed by atoms with E-state index in [-0.39, 0.29) is 36.8 Å². The Balaban J connectivity index is 0.00000242. The predicted octanol–water partition coefficient (Wildman–Crippen LogP) is 3.63. The number of nitrogens with one attached hydrogen (secondary N) is 1. The van der Waals surface area contributed by atoms with Crippen molar-refractivity contribution in [3.63, 3.8) is 0 Å². The van der Waals surface area contributed by atoms with E-state index in [1.165, 1.54) is 0 Å². The normalized spacial score (nSPS) is 11.3. The molecular formula is C17H25Cl2N3O. The number of hydrogen-bond donors (Lipinski definition) is 2. The fourth-order valence-corrected chi connectivity index (χ4v) is 2.39. The van der Waals surface area contributed by atoms with E-state index >= 15 is 0 Å². The number of para-hydroxylation sites is 1. The maximum absolute atomic E-state index is 12.5. The summed E-state index contributed by atoms with van der Waals surface area (Å²) in [5, 5.41) is 4.00. The highest BCUT2D eigenvalue weighted by atomic mass is 35.5. The molecule has 0 aliphatic carbocycles. The first-order chi connectivity index (χ1) is 10.2. The van der Waals surface area contributed by atoms with Crippen molar-refractivity contribution in [3.05, 3.63) is 41.6 Å². The van der Waals surface area contributed by atoms with Crippen molar-refractivity contribution < 1.29 is 4.79 Å². The van der Waals surface area contributed by atoms with E-state index in [0.29, 0.717) is 12.1 Å². The van der Waals surface area contributed by atoms with Crippen LogP contribution in [0.4, 0.5) is 0 Å². The molecule has 0 radical (unpaired) electrons. The lowest BCUT2D eigenvalue weighted by Gasteiger charge is -2.17. The van der Waals surface area contributed by atoms with E-state index in [1.807, 2.05) is 37.3 Å². The van der Waals surface area contributed by atoms with Crippen molar-refractivity contribution in [2.45, 2.75) is 39.2 Å².